The van der Waals surface area contributed by atoms with Gasteiger partial charge in [0.05, 0.1) is 58.2 Å². The normalized spacial score (nSPS) is 12.2. The SMILES string of the molecule is CCN(c1ccc2c(-c3ccccc3S(=O)(=O)O)c3ccc(N(CC)c4cc(NS(C)(=O)=O)ccc4C)cc3[o+]c2c1)c1cc(NS(C)(=O)=O)ccc1C. The molecule has 1 heterocycles. The largest absolute Gasteiger partial charge is 0.363 e. The Hall–Kier alpha value is -5.22. The van der Waals surface area contributed by atoms with E-state index in [0.717, 1.165) is 46.4 Å². The first-order chi connectivity index (χ1) is 25.4. The Labute approximate surface area is 315 Å². The summed E-state index contributed by atoms with van der Waals surface area (Å²) >= 11 is 0. The van der Waals surface area contributed by atoms with Crippen molar-refractivity contribution >= 4 is 86.2 Å². The Morgan fingerprint density at radius 1 is 0.611 bits per heavy atom. The Morgan fingerprint density at radius 3 is 1.46 bits per heavy atom. The van der Waals surface area contributed by atoms with Crippen molar-refractivity contribution in [1.82, 2.24) is 0 Å². The number of nitrogens with zero attached hydrogens (tertiary/aromatic N) is 2. The molecule has 54 heavy (non-hydrogen) atoms. The number of rotatable bonds is 12. The quantitative estimate of drug-likeness (QED) is 0.0623. The van der Waals surface area contributed by atoms with E-state index in [9.17, 15) is 29.8 Å². The molecule has 0 saturated carbocycles. The zero-order chi connectivity index (χ0) is 39.2. The number of hydrogen-bond donors (Lipinski definition) is 3. The molecular formula is C39H41N4O8S3+. The number of benzene rings is 5. The molecular weight excluding hydrogens is 749 g/mol. The number of nitrogens with one attached hydrogen (secondary N) is 2. The summed E-state index contributed by atoms with van der Waals surface area (Å²) in [4.78, 5) is 3.78. The molecule has 0 saturated heterocycles. The van der Waals surface area contributed by atoms with Crippen LogP contribution in [0.3, 0.4) is 0 Å². The van der Waals surface area contributed by atoms with Crippen molar-refractivity contribution in [2.45, 2.75) is 32.6 Å². The topological polar surface area (TPSA) is 164 Å². The highest BCUT2D eigenvalue weighted by Gasteiger charge is 2.27. The second kappa shape index (κ2) is 14.5. The third-order valence-electron chi connectivity index (χ3n) is 8.99. The van der Waals surface area contributed by atoms with Crippen LogP contribution < -0.4 is 19.2 Å². The summed E-state index contributed by atoms with van der Waals surface area (Å²) in [6.07, 6.45) is 2.19. The van der Waals surface area contributed by atoms with Crippen molar-refractivity contribution in [3.05, 3.63) is 108 Å². The fourth-order valence-corrected chi connectivity index (χ4v) is 8.54. The fraction of sp³-hybridized carbons (Fsp3) is 0.205. The zero-order valence-electron chi connectivity index (χ0n) is 30.6. The lowest BCUT2D eigenvalue weighted by Crippen LogP contribution is -2.18. The number of hydrogen-bond acceptors (Lipinski definition) is 8. The van der Waals surface area contributed by atoms with Crippen molar-refractivity contribution < 1.29 is 34.2 Å². The van der Waals surface area contributed by atoms with Crippen molar-refractivity contribution in [2.75, 3.05) is 44.8 Å². The fourth-order valence-electron chi connectivity index (χ4n) is 6.73. The Morgan fingerprint density at radius 2 is 1.06 bits per heavy atom. The van der Waals surface area contributed by atoms with Gasteiger partial charge in [-0.25, -0.2) is 21.3 Å². The van der Waals surface area contributed by atoms with Crippen LogP contribution in [0.1, 0.15) is 25.0 Å². The zero-order valence-corrected chi connectivity index (χ0v) is 33.0. The highest BCUT2D eigenvalue weighted by Crippen LogP contribution is 2.43. The van der Waals surface area contributed by atoms with Crippen molar-refractivity contribution in [1.29, 1.82) is 0 Å². The Kier molecular flexibility index (Phi) is 10.4. The van der Waals surface area contributed by atoms with E-state index < -0.39 is 30.2 Å². The van der Waals surface area contributed by atoms with Gasteiger partial charge in [0.15, 0.2) is 0 Å². The first kappa shape index (κ1) is 38.5. The van der Waals surface area contributed by atoms with Crippen molar-refractivity contribution in [3.8, 4) is 11.1 Å². The van der Waals surface area contributed by atoms with E-state index in [1.807, 2.05) is 86.0 Å². The maximum Gasteiger partial charge on any atom is 0.363 e. The standard InChI is InChI=1S/C39H40N4O8S3/c1-7-42(34-21-27(15-13-25(34)3)40-52(5,44)45)29-17-19-31-36(23-29)51-37-24-30(43(8-2)35-22-28(16-14-26(35)4)41-53(6,46)47)18-20-32(37)39(31)33-11-9-10-12-38(33)54(48,49)50/h9-24,40-41H,7-8H2,1-6H3/p+1. The summed E-state index contributed by atoms with van der Waals surface area (Å²) in [7, 11) is -11.7. The van der Waals surface area contributed by atoms with Gasteiger partial charge in [0.25, 0.3) is 10.1 Å². The lowest BCUT2D eigenvalue weighted by molar-refractivity contribution is 0.483. The monoisotopic (exact) mass is 789 g/mol. The van der Waals surface area contributed by atoms with E-state index in [-0.39, 0.29) is 10.5 Å². The van der Waals surface area contributed by atoms with Gasteiger partial charge in [-0.3, -0.25) is 14.0 Å². The minimum absolute atomic E-state index is 0.256. The van der Waals surface area contributed by atoms with E-state index in [2.05, 4.69) is 9.44 Å². The van der Waals surface area contributed by atoms with Crippen LogP contribution in [-0.4, -0.2) is 55.4 Å². The predicted octanol–water partition coefficient (Wildman–Crippen LogP) is 8.46. The average molecular weight is 790 g/mol. The van der Waals surface area contributed by atoms with Crippen LogP contribution >= 0.6 is 0 Å². The lowest BCUT2D eigenvalue weighted by atomic mass is 9.96. The highest BCUT2D eigenvalue weighted by molar-refractivity contribution is 7.92. The van der Waals surface area contributed by atoms with Crippen LogP contribution in [0, 0.1) is 13.8 Å². The second-order valence-electron chi connectivity index (χ2n) is 13.0. The van der Waals surface area contributed by atoms with Crippen LogP contribution in [0.4, 0.5) is 34.1 Å². The third kappa shape index (κ3) is 8.14. The average Bonchev–Trinajstić information content (AvgIpc) is 3.09. The molecule has 282 valence electrons. The van der Waals surface area contributed by atoms with Gasteiger partial charge in [0.1, 0.15) is 4.90 Å². The molecule has 0 bridgehead atoms. The number of aryl methyl sites for hydroxylation is 2. The first-order valence-corrected chi connectivity index (χ1v) is 22.2. The van der Waals surface area contributed by atoms with Gasteiger partial charge in [-0.2, -0.15) is 8.42 Å². The summed E-state index contributed by atoms with van der Waals surface area (Å²) in [5.41, 5.74) is 7.34. The molecule has 15 heteroatoms. The van der Waals surface area contributed by atoms with Crippen LogP contribution in [0.15, 0.2) is 106 Å². The van der Waals surface area contributed by atoms with Crippen LogP contribution in [0.2, 0.25) is 0 Å². The summed E-state index contributed by atoms with van der Waals surface area (Å²) in [6, 6.07) is 28.0. The first-order valence-electron chi connectivity index (χ1n) is 17.0. The molecule has 6 rings (SSSR count). The smallest absolute Gasteiger partial charge is 0.341 e. The molecule has 0 atom stereocenters. The number of fused-ring (bicyclic) bond motifs is 2. The lowest BCUT2D eigenvalue weighted by Gasteiger charge is -2.26. The van der Waals surface area contributed by atoms with Crippen LogP contribution in [0.5, 0.6) is 0 Å². The molecule has 6 aromatic rings. The van der Waals surface area contributed by atoms with E-state index >= 15 is 0 Å². The molecule has 5 aromatic carbocycles. The van der Waals surface area contributed by atoms with E-state index in [1.165, 1.54) is 6.07 Å². The summed E-state index contributed by atoms with van der Waals surface area (Å²) in [6.45, 7) is 8.84. The summed E-state index contributed by atoms with van der Waals surface area (Å²) in [5.74, 6) is 0. The van der Waals surface area contributed by atoms with E-state index in [0.29, 0.717) is 52.0 Å². The molecule has 0 fully saturated rings. The van der Waals surface area contributed by atoms with Gasteiger partial charge in [-0.15, -0.1) is 0 Å². The molecule has 0 aliphatic rings. The molecule has 0 aliphatic heterocycles. The molecule has 0 radical (unpaired) electrons. The van der Waals surface area contributed by atoms with Gasteiger partial charge in [-0.1, -0.05) is 30.3 Å². The van der Waals surface area contributed by atoms with Gasteiger partial charge in [-0.05, 0) is 93.4 Å². The van der Waals surface area contributed by atoms with Crippen molar-refractivity contribution in [2.24, 2.45) is 0 Å². The molecule has 0 spiro atoms. The predicted molar refractivity (Wildman–Crippen MR) is 218 cm³/mol. The van der Waals surface area contributed by atoms with Gasteiger partial charge < -0.3 is 9.80 Å². The third-order valence-corrected chi connectivity index (χ3v) is 11.1. The molecule has 0 aliphatic carbocycles. The summed E-state index contributed by atoms with van der Waals surface area (Å²) in [5, 5.41) is 1.19. The number of anilines is 6. The highest BCUT2D eigenvalue weighted by atomic mass is 32.2. The van der Waals surface area contributed by atoms with Crippen molar-refractivity contribution in [3.63, 3.8) is 0 Å². The molecule has 0 unspecified atom stereocenters. The van der Waals surface area contributed by atoms with Crippen LogP contribution in [-0.2, 0) is 30.2 Å². The minimum Gasteiger partial charge on any atom is -0.341 e. The maximum atomic E-state index is 12.7. The maximum absolute atomic E-state index is 12.7. The van der Waals surface area contributed by atoms with Crippen LogP contribution in [0.25, 0.3) is 33.1 Å². The Bertz CT molecular complexity index is 2620. The molecule has 3 N–H and O–H groups in total. The van der Waals surface area contributed by atoms with Gasteiger partial charge >= 0.3 is 11.2 Å². The van der Waals surface area contributed by atoms with Gasteiger partial charge in [0.2, 0.25) is 20.0 Å². The number of sulfonamides is 2. The van der Waals surface area contributed by atoms with E-state index in [4.69, 9.17) is 4.42 Å². The molecule has 12 nitrogen and oxygen atoms in total. The molecule has 1 aromatic heterocycles. The van der Waals surface area contributed by atoms with E-state index in [1.54, 1.807) is 42.5 Å². The summed E-state index contributed by atoms with van der Waals surface area (Å²) < 4.78 is 95.6. The molecule has 0 amide bonds. The second-order valence-corrected chi connectivity index (χ2v) is 17.9. The minimum atomic E-state index is -4.63. The van der Waals surface area contributed by atoms with Gasteiger partial charge in [0, 0.05) is 35.6 Å². The Balaban J connectivity index is 1.59.